The molecule has 0 amide bonds. The quantitative estimate of drug-likeness (QED) is 0.0729. The molecule has 0 radical (unpaired) electrons. The van der Waals surface area contributed by atoms with Gasteiger partial charge in [0.25, 0.3) is 0 Å². The number of hydrogen-bond acceptors (Lipinski definition) is 5. The van der Waals surface area contributed by atoms with Crippen molar-refractivity contribution in [3.63, 3.8) is 0 Å². The number of ether oxygens (including phenoxy) is 3. The molecule has 0 heterocycles. The molecule has 1 atom stereocenters. The molecule has 0 aliphatic carbocycles. The van der Waals surface area contributed by atoms with Gasteiger partial charge in [-0.15, -0.1) is 0 Å². The number of carbonyl (C=O) groups is 2. The molecule has 0 aliphatic rings. The van der Waals surface area contributed by atoms with Gasteiger partial charge in [0.2, 0.25) is 0 Å². The van der Waals surface area contributed by atoms with Crippen molar-refractivity contribution in [1.29, 1.82) is 0 Å². The average molecular weight is 605 g/mol. The number of unbranched alkanes of at least 4 members (excludes halogenated alkanes) is 10. The SMILES string of the molecule is CCCCCCCCCCOc1ccc(-c2ccc(C(=O)Oc3ccc(C(=O)OC(C)CCCCCC)cc3F)cc2)cc1. The third kappa shape index (κ3) is 12.1. The first-order chi connectivity index (χ1) is 21.4. The molecule has 0 saturated heterocycles. The lowest BCUT2D eigenvalue weighted by Gasteiger charge is -2.13. The van der Waals surface area contributed by atoms with E-state index >= 15 is 0 Å². The molecule has 0 aromatic heterocycles. The van der Waals surface area contributed by atoms with E-state index in [1.165, 1.54) is 57.1 Å². The molecule has 5 nitrogen and oxygen atoms in total. The highest BCUT2D eigenvalue weighted by atomic mass is 19.1. The van der Waals surface area contributed by atoms with Gasteiger partial charge in [-0.05, 0) is 79.8 Å². The van der Waals surface area contributed by atoms with Crippen LogP contribution in [0.15, 0.2) is 66.7 Å². The highest BCUT2D eigenvalue weighted by Crippen LogP contribution is 2.25. The first-order valence-electron chi connectivity index (χ1n) is 16.5. The highest BCUT2D eigenvalue weighted by molar-refractivity contribution is 5.92. The highest BCUT2D eigenvalue weighted by Gasteiger charge is 2.17. The summed E-state index contributed by atoms with van der Waals surface area (Å²) >= 11 is 0. The zero-order chi connectivity index (χ0) is 31.6. The third-order valence-electron chi connectivity index (χ3n) is 7.72. The minimum atomic E-state index is -0.801. The number of rotatable bonds is 20. The molecular formula is C38H49FO5. The van der Waals surface area contributed by atoms with Gasteiger partial charge >= 0.3 is 11.9 Å². The minimum Gasteiger partial charge on any atom is -0.494 e. The van der Waals surface area contributed by atoms with E-state index in [1.54, 1.807) is 12.1 Å². The van der Waals surface area contributed by atoms with Crippen molar-refractivity contribution < 1.29 is 28.2 Å². The molecule has 3 rings (SSSR count). The lowest BCUT2D eigenvalue weighted by Crippen LogP contribution is -2.15. The molecule has 1 unspecified atom stereocenters. The summed E-state index contributed by atoms with van der Waals surface area (Å²) in [6.07, 6.45) is 15.0. The van der Waals surface area contributed by atoms with Crippen LogP contribution in [0, 0.1) is 5.82 Å². The molecule has 0 spiro atoms. The maximum Gasteiger partial charge on any atom is 0.343 e. The van der Waals surface area contributed by atoms with Crippen LogP contribution >= 0.6 is 0 Å². The van der Waals surface area contributed by atoms with Crippen LogP contribution in [0.25, 0.3) is 11.1 Å². The van der Waals surface area contributed by atoms with Crippen molar-refractivity contribution in [2.45, 2.75) is 110 Å². The fraction of sp³-hybridized carbons (Fsp3) is 0.474. The number of esters is 2. The Bertz CT molecular complexity index is 1270. The van der Waals surface area contributed by atoms with Crippen molar-refractivity contribution in [3.05, 3.63) is 83.7 Å². The normalized spacial score (nSPS) is 11.6. The predicted molar refractivity (Wildman–Crippen MR) is 175 cm³/mol. The number of hydrogen-bond donors (Lipinski definition) is 0. The Morgan fingerprint density at radius 2 is 1.20 bits per heavy atom. The molecule has 0 N–H and O–H groups in total. The Balaban J connectivity index is 1.44. The Hall–Kier alpha value is -3.67. The molecule has 238 valence electrons. The van der Waals surface area contributed by atoms with Gasteiger partial charge < -0.3 is 14.2 Å². The summed E-state index contributed by atoms with van der Waals surface area (Å²) in [6.45, 7) is 6.94. The van der Waals surface area contributed by atoms with Crippen molar-refractivity contribution in [2.75, 3.05) is 6.61 Å². The molecule has 3 aromatic rings. The first kappa shape index (κ1) is 34.8. The largest absolute Gasteiger partial charge is 0.494 e. The summed E-state index contributed by atoms with van der Waals surface area (Å²) in [6, 6.07) is 18.6. The van der Waals surface area contributed by atoms with Gasteiger partial charge in [-0.2, -0.15) is 0 Å². The summed E-state index contributed by atoms with van der Waals surface area (Å²) in [5.74, 6) is -1.48. The zero-order valence-electron chi connectivity index (χ0n) is 26.7. The van der Waals surface area contributed by atoms with Gasteiger partial charge in [0.15, 0.2) is 11.6 Å². The summed E-state index contributed by atoms with van der Waals surface area (Å²) in [5.41, 5.74) is 2.30. The molecule has 6 heteroatoms. The molecule has 44 heavy (non-hydrogen) atoms. The van der Waals surface area contributed by atoms with Gasteiger partial charge in [-0.1, -0.05) is 102 Å². The van der Waals surface area contributed by atoms with Gasteiger partial charge in [0, 0.05) is 0 Å². The molecule has 0 saturated carbocycles. The minimum absolute atomic E-state index is 0.0802. The van der Waals surface area contributed by atoms with Gasteiger partial charge in [0.05, 0.1) is 23.8 Å². The Labute approximate surface area is 263 Å². The fourth-order valence-electron chi connectivity index (χ4n) is 5.01. The van der Waals surface area contributed by atoms with E-state index in [0.717, 1.165) is 68.1 Å². The van der Waals surface area contributed by atoms with E-state index in [1.807, 2.05) is 43.3 Å². The maximum atomic E-state index is 14.7. The lowest BCUT2D eigenvalue weighted by molar-refractivity contribution is 0.0319. The van der Waals surface area contributed by atoms with Crippen molar-refractivity contribution >= 4 is 11.9 Å². The third-order valence-corrected chi connectivity index (χ3v) is 7.72. The van der Waals surface area contributed by atoms with Crippen molar-refractivity contribution in [1.82, 2.24) is 0 Å². The average Bonchev–Trinajstić information content (AvgIpc) is 3.03. The predicted octanol–water partition coefficient (Wildman–Crippen LogP) is 10.7. The lowest BCUT2D eigenvalue weighted by atomic mass is 10.0. The molecule has 0 fully saturated rings. The number of halogens is 1. The van der Waals surface area contributed by atoms with E-state index in [0.29, 0.717) is 5.56 Å². The van der Waals surface area contributed by atoms with Crippen molar-refractivity contribution in [3.8, 4) is 22.6 Å². The Morgan fingerprint density at radius 1 is 0.659 bits per heavy atom. The zero-order valence-corrected chi connectivity index (χ0v) is 26.7. The summed E-state index contributed by atoms with van der Waals surface area (Å²) in [5, 5.41) is 0. The van der Waals surface area contributed by atoms with E-state index in [4.69, 9.17) is 14.2 Å². The van der Waals surface area contributed by atoms with Crippen LogP contribution in [-0.4, -0.2) is 24.6 Å². The topological polar surface area (TPSA) is 61.8 Å². The van der Waals surface area contributed by atoms with Crippen LogP contribution < -0.4 is 9.47 Å². The fourth-order valence-corrected chi connectivity index (χ4v) is 5.01. The van der Waals surface area contributed by atoms with E-state index < -0.39 is 17.8 Å². The molecular weight excluding hydrogens is 555 g/mol. The molecule has 0 bridgehead atoms. The van der Waals surface area contributed by atoms with Crippen molar-refractivity contribution in [2.24, 2.45) is 0 Å². The second-order valence-electron chi connectivity index (χ2n) is 11.5. The summed E-state index contributed by atoms with van der Waals surface area (Å²) < 4.78 is 31.3. The molecule has 3 aromatic carbocycles. The van der Waals surface area contributed by atoms with Crippen LogP contribution in [0.1, 0.15) is 125 Å². The monoisotopic (exact) mass is 604 g/mol. The second kappa shape index (κ2) is 19.6. The Kier molecular flexibility index (Phi) is 15.5. The van der Waals surface area contributed by atoms with E-state index in [9.17, 15) is 14.0 Å². The molecule has 0 aliphatic heterocycles. The maximum absolute atomic E-state index is 14.7. The van der Waals surface area contributed by atoms with Crippen LogP contribution in [0.2, 0.25) is 0 Å². The van der Waals surface area contributed by atoms with Gasteiger partial charge in [-0.25, -0.2) is 14.0 Å². The van der Waals surface area contributed by atoms with Crippen LogP contribution in [0.5, 0.6) is 11.5 Å². The van der Waals surface area contributed by atoms with E-state index in [2.05, 4.69) is 13.8 Å². The van der Waals surface area contributed by atoms with Gasteiger partial charge in [-0.3, -0.25) is 0 Å². The van der Waals surface area contributed by atoms with Crippen LogP contribution in [0.4, 0.5) is 4.39 Å². The second-order valence-corrected chi connectivity index (χ2v) is 11.5. The summed E-state index contributed by atoms with van der Waals surface area (Å²) in [4.78, 5) is 25.1. The number of benzene rings is 3. The van der Waals surface area contributed by atoms with Gasteiger partial charge in [0.1, 0.15) is 5.75 Å². The van der Waals surface area contributed by atoms with Crippen LogP contribution in [0.3, 0.4) is 0 Å². The Morgan fingerprint density at radius 3 is 1.82 bits per heavy atom. The first-order valence-corrected chi connectivity index (χ1v) is 16.5. The number of carbonyl (C=O) groups excluding carboxylic acids is 2. The standard InChI is InChI=1S/C38H49FO5/c1-4-6-8-10-11-12-13-15-27-42-34-24-21-31(22-25-34)30-17-19-32(20-18-30)37(40)44-36-26-23-33(28-35(36)39)38(41)43-29(3)16-14-9-7-5-2/h17-26,28-29H,4-16,27H2,1-3H3. The smallest absolute Gasteiger partial charge is 0.343 e. The van der Waals surface area contributed by atoms with E-state index in [-0.39, 0.29) is 17.4 Å². The van der Waals surface area contributed by atoms with Crippen LogP contribution in [-0.2, 0) is 4.74 Å². The summed E-state index contributed by atoms with van der Waals surface area (Å²) in [7, 11) is 0.